The largest absolute Gasteiger partial charge is 0.466 e. The Kier molecular flexibility index (Phi) is 13.0. The van der Waals surface area contributed by atoms with Crippen molar-refractivity contribution >= 4 is 17.9 Å². The van der Waals surface area contributed by atoms with Crippen LogP contribution in [0.3, 0.4) is 0 Å². The molecule has 3 unspecified atom stereocenters. The lowest BCUT2D eigenvalue weighted by Gasteiger charge is -2.30. The van der Waals surface area contributed by atoms with Crippen molar-refractivity contribution < 1.29 is 28.6 Å². The van der Waals surface area contributed by atoms with Gasteiger partial charge in [0.15, 0.2) is 0 Å². The quantitative estimate of drug-likeness (QED) is 0.0915. The molecule has 12 nitrogen and oxygen atoms in total. The summed E-state index contributed by atoms with van der Waals surface area (Å²) in [7, 11) is 0. The van der Waals surface area contributed by atoms with Crippen LogP contribution in [0.25, 0.3) is 20.9 Å². The first-order valence-electron chi connectivity index (χ1n) is 10.9. The second-order valence-corrected chi connectivity index (χ2v) is 9.56. The first-order valence-corrected chi connectivity index (χ1v) is 10.9. The van der Waals surface area contributed by atoms with E-state index in [1.807, 2.05) is 0 Å². The van der Waals surface area contributed by atoms with Gasteiger partial charge in [-0.3, -0.25) is 14.4 Å². The highest BCUT2D eigenvalue weighted by Gasteiger charge is 2.35. The fourth-order valence-electron chi connectivity index (χ4n) is 2.56. The average molecular weight is 469 g/mol. The second kappa shape index (κ2) is 14.2. The van der Waals surface area contributed by atoms with E-state index in [0.29, 0.717) is 12.8 Å². The van der Waals surface area contributed by atoms with Crippen molar-refractivity contribution in [3.63, 3.8) is 0 Å². The van der Waals surface area contributed by atoms with Crippen molar-refractivity contribution in [2.24, 2.45) is 21.1 Å². The Morgan fingerprint density at radius 3 is 1.94 bits per heavy atom. The lowest BCUT2D eigenvalue weighted by atomic mass is 9.95. The molecule has 0 aromatic carbocycles. The first-order chi connectivity index (χ1) is 15.3. The van der Waals surface area contributed by atoms with Crippen molar-refractivity contribution in [1.29, 1.82) is 0 Å². The first kappa shape index (κ1) is 30.0. The molecule has 0 bridgehead atoms. The summed E-state index contributed by atoms with van der Waals surface area (Å²) in [6.07, 6.45) is 0.358. The van der Waals surface area contributed by atoms with Crippen LogP contribution in [0.5, 0.6) is 0 Å². The van der Waals surface area contributed by atoms with Gasteiger partial charge in [0.25, 0.3) is 0 Å². The number of hydrogen-bond acceptors (Lipinski definition) is 8. The fraction of sp³-hybridized carbons (Fsp3) is 0.857. The van der Waals surface area contributed by atoms with Crippen molar-refractivity contribution in [3.05, 3.63) is 20.9 Å². The predicted octanol–water partition coefficient (Wildman–Crippen LogP) is 5.01. The van der Waals surface area contributed by atoms with Crippen molar-refractivity contribution in [2.45, 2.75) is 92.3 Å². The molecule has 0 aliphatic carbocycles. The van der Waals surface area contributed by atoms with Gasteiger partial charge in [-0.1, -0.05) is 10.2 Å². The topological polar surface area (TPSA) is 176 Å². The Hall–Kier alpha value is -2.97. The molecule has 0 aliphatic heterocycles. The molecule has 186 valence electrons. The molecule has 0 saturated carbocycles. The van der Waals surface area contributed by atoms with Gasteiger partial charge in [0.05, 0.1) is 29.5 Å². The van der Waals surface area contributed by atoms with E-state index in [0.717, 1.165) is 0 Å². The van der Waals surface area contributed by atoms with E-state index < -0.39 is 41.0 Å². The lowest BCUT2D eigenvalue weighted by Crippen LogP contribution is -2.42. The summed E-state index contributed by atoms with van der Waals surface area (Å²) >= 11 is 0. The third-order valence-electron chi connectivity index (χ3n) is 4.45. The van der Waals surface area contributed by atoms with E-state index in [2.05, 4.69) is 20.1 Å². The normalized spacial score (nSPS) is 14.0. The van der Waals surface area contributed by atoms with Gasteiger partial charge in [0.2, 0.25) is 0 Å². The summed E-state index contributed by atoms with van der Waals surface area (Å²) in [4.78, 5) is 41.9. The molecule has 0 spiro atoms. The zero-order chi connectivity index (χ0) is 25.7. The number of nitrogens with zero attached hydrogens (tertiary/aromatic N) is 6. The van der Waals surface area contributed by atoms with E-state index in [1.165, 1.54) is 0 Å². The summed E-state index contributed by atoms with van der Waals surface area (Å²) in [6, 6.07) is -2.22. The standard InChI is InChI=1S/C21H36N6O6/c1-8-31-16(28)12-10-9-11-15(33-19(30)21(5,6)7)17(25-27-23)14(24-26-22)13-32-18(29)20(2,3)4/h14-15,17H,8-13H2,1-7H3. The highest BCUT2D eigenvalue weighted by molar-refractivity contribution is 5.76. The second-order valence-electron chi connectivity index (χ2n) is 9.56. The summed E-state index contributed by atoms with van der Waals surface area (Å²) < 4.78 is 15.8. The molecule has 33 heavy (non-hydrogen) atoms. The van der Waals surface area contributed by atoms with E-state index in [9.17, 15) is 14.4 Å². The third-order valence-corrected chi connectivity index (χ3v) is 4.45. The van der Waals surface area contributed by atoms with Crippen LogP contribution in [0.4, 0.5) is 0 Å². The average Bonchev–Trinajstić information content (AvgIpc) is 2.70. The molecular formula is C21H36N6O6. The maximum atomic E-state index is 12.6. The summed E-state index contributed by atoms with van der Waals surface area (Å²) in [5.41, 5.74) is 16.5. The Labute approximate surface area is 194 Å². The van der Waals surface area contributed by atoms with Crippen molar-refractivity contribution in [3.8, 4) is 0 Å². The SMILES string of the molecule is CCOC(=O)CCCCC(OC(=O)C(C)(C)C)C(N=[N+]=[N-])C(COC(=O)C(C)(C)C)N=[N+]=[N-]. The minimum absolute atomic E-state index is 0.183. The van der Waals surface area contributed by atoms with Crippen molar-refractivity contribution in [1.82, 2.24) is 0 Å². The molecule has 0 rings (SSSR count). The highest BCUT2D eigenvalue weighted by Crippen LogP contribution is 2.25. The van der Waals surface area contributed by atoms with E-state index >= 15 is 0 Å². The molecule has 0 aliphatic rings. The number of rotatable bonds is 13. The maximum absolute atomic E-state index is 12.6. The minimum atomic E-state index is -1.12. The van der Waals surface area contributed by atoms with Crippen LogP contribution < -0.4 is 0 Å². The van der Waals surface area contributed by atoms with E-state index in [-0.39, 0.29) is 32.0 Å². The summed E-state index contributed by atoms with van der Waals surface area (Å²) in [6.45, 7) is 11.7. The van der Waals surface area contributed by atoms with Crippen LogP contribution >= 0.6 is 0 Å². The van der Waals surface area contributed by atoms with Gasteiger partial charge < -0.3 is 14.2 Å². The summed E-state index contributed by atoms with van der Waals surface area (Å²) in [5.74, 6) is -1.41. The van der Waals surface area contributed by atoms with Gasteiger partial charge in [-0.2, -0.15) is 0 Å². The number of hydrogen-bond donors (Lipinski definition) is 0. The molecule has 0 heterocycles. The molecule has 3 atom stereocenters. The predicted molar refractivity (Wildman–Crippen MR) is 121 cm³/mol. The fourth-order valence-corrected chi connectivity index (χ4v) is 2.56. The van der Waals surface area contributed by atoms with Gasteiger partial charge >= 0.3 is 17.9 Å². The minimum Gasteiger partial charge on any atom is -0.466 e. The van der Waals surface area contributed by atoms with E-state index in [4.69, 9.17) is 25.3 Å². The molecule has 0 radical (unpaired) electrons. The van der Waals surface area contributed by atoms with Crippen LogP contribution in [0.1, 0.15) is 74.1 Å². The number of ether oxygens (including phenoxy) is 3. The Bertz CT molecular complexity index is 760. The molecule has 0 fully saturated rings. The van der Waals surface area contributed by atoms with Crippen LogP contribution in [-0.4, -0.2) is 49.3 Å². The third kappa shape index (κ3) is 12.0. The number of carbonyl (C=O) groups excluding carboxylic acids is 3. The smallest absolute Gasteiger partial charge is 0.311 e. The number of azide groups is 2. The van der Waals surface area contributed by atoms with Crippen LogP contribution in [-0.2, 0) is 28.6 Å². The number of carbonyl (C=O) groups is 3. The molecule has 0 N–H and O–H groups in total. The zero-order valence-corrected chi connectivity index (χ0v) is 20.6. The van der Waals surface area contributed by atoms with Crippen molar-refractivity contribution in [2.75, 3.05) is 13.2 Å². The maximum Gasteiger partial charge on any atom is 0.311 e. The Morgan fingerprint density at radius 1 is 0.879 bits per heavy atom. The number of esters is 3. The molecule has 0 amide bonds. The van der Waals surface area contributed by atoms with Gasteiger partial charge in [-0.05, 0) is 78.8 Å². The summed E-state index contributed by atoms with van der Waals surface area (Å²) in [5, 5.41) is 7.36. The Morgan fingerprint density at radius 2 is 1.45 bits per heavy atom. The highest BCUT2D eigenvalue weighted by atomic mass is 16.6. The van der Waals surface area contributed by atoms with Gasteiger partial charge in [0.1, 0.15) is 12.7 Å². The van der Waals surface area contributed by atoms with Gasteiger partial charge in [0, 0.05) is 16.2 Å². The lowest BCUT2D eigenvalue weighted by molar-refractivity contribution is -0.162. The van der Waals surface area contributed by atoms with Crippen LogP contribution in [0.15, 0.2) is 10.2 Å². The molecule has 0 aromatic heterocycles. The molecule has 12 heteroatoms. The zero-order valence-electron chi connectivity index (χ0n) is 20.6. The Balaban J connectivity index is 5.70. The van der Waals surface area contributed by atoms with Crippen LogP contribution in [0.2, 0.25) is 0 Å². The van der Waals surface area contributed by atoms with Gasteiger partial charge in [-0.15, -0.1) is 0 Å². The molecule has 0 aromatic rings. The molecular weight excluding hydrogens is 432 g/mol. The monoisotopic (exact) mass is 468 g/mol. The number of unbranched alkanes of at least 4 members (excludes halogenated alkanes) is 1. The molecule has 0 saturated heterocycles. The van der Waals surface area contributed by atoms with Crippen LogP contribution in [0, 0.1) is 10.8 Å². The van der Waals surface area contributed by atoms with Gasteiger partial charge in [-0.25, -0.2) is 0 Å². The van der Waals surface area contributed by atoms with E-state index in [1.54, 1.807) is 48.5 Å².